The van der Waals surface area contributed by atoms with E-state index in [0.29, 0.717) is 11.7 Å². The van der Waals surface area contributed by atoms with Gasteiger partial charge in [-0.05, 0) is 38.7 Å². The molecule has 0 aliphatic heterocycles. The minimum Gasteiger partial charge on any atom is -0.295 e. The Hall–Kier alpha value is -0.850. The molecule has 0 aromatic heterocycles. The molecule has 0 amide bonds. The van der Waals surface area contributed by atoms with Gasteiger partial charge in [-0.15, -0.1) is 0 Å². The van der Waals surface area contributed by atoms with Crippen molar-refractivity contribution >= 4 is 5.78 Å². The number of hydrogen-bond acceptors (Lipinski definition) is 1. The summed E-state index contributed by atoms with van der Waals surface area (Å²) < 4.78 is 0. The molecule has 0 spiro atoms. The molecule has 0 saturated heterocycles. The van der Waals surface area contributed by atoms with Crippen LogP contribution in [0.2, 0.25) is 0 Å². The summed E-state index contributed by atoms with van der Waals surface area (Å²) in [5.74, 6) is 0.945. The molecule has 1 aliphatic carbocycles. The van der Waals surface area contributed by atoms with Crippen molar-refractivity contribution in [2.45, 2.75) is 33.6 Å². The highest BCUT2D eigenvalue weighted by atomic mass is 16.1. The monoisotopic (exact) mass is 178 g/mol. The zero-order valence-electron chi connectivity index (χ0n) is 8.71. The molecule has 0 aromatic carbocycles. The van der Waals surface area contributed by atoms with Crippen LogP contribution in [-0.4, -0.2) is 5.78 Å². The average Bonchev–Trinajstić information content (AvgIpc) is 2.10. The van der Waals surface area contributed by atoms with Crippen molar-refractivity contribution in [2.75, 3.05) is 0 Å². The third-order valence-corrected chi connectivity index (χ3v) is 2.96. The van der Waals surface area contributed by atoms with Gasteiger partial charge >= 0.3 is 0 Å². The van der Waals surface area contributed by atoms with Crippen molar-refractivity contribution in [3.8, 4) is 0 Å². The normalized spacial score (nSPS) is 29.0. The van der Waals surface area contributed by atoms with E-state index in [1.807, 2.05) is 13.0 Å². The molecule has 0 heterocycles. The lowest BCUT2D eigenvalue weighted by atomic mass is 9.78. The van der Waals surface area contributed by atoms with E-state index in [-0.39, 0.29) is 5.92 Å². The fourth-order valence-corrected chi connectivity index (χ4v) is 1.92. The van der Waals surface area contributed by atoms with Gasteiger partial charge in [0.25, 0.3) is 0 Å². The molecule has 1 aliphatic rings. The number of carbonyl (C=O) groups is 1. The molecule has 0 saturated carbocycles. The summed E-state index contributed by atoms with van der Waals surface area (Å²) in [4.78, 5) is 11.6. The summed E-state index contributed by atoms with van der Waals surface area (Å²) >= 11 is 0. The van der Waals surface area contributed by atoms with Crippen LogP contribution in [-0.2, 0) is 4.79 Å². The van der Waals surface area contributed by atoms with Gasteiger partial charge < -0.3 is 0 Å². The highest BCUT2D eigenvalue weighted by molar-refractivity contribution is 5.92. The largest absolute Gasteiger partial charge is 0.295 e. The number of allylic oxidation sites excluding steroid dienone is 4. The van der Waals surface area contributed by atoms with E-state index in [1.165, 1.54) is 5.57 Å². The van der Waals surface area contributed by atoms with Crippen LogP contribution in [0.25, 0.3) is 0 Å². The first-order valence-corrected chi connectivity index (χ1v) is 5.00. The lowest BCUT2D eigenvalue weighted by molar-refractivity contribution is -0.119. The van der Waals surface area contributed by atoms with Gasteiger partial charge in [0.15, 0.2) is 5.78 Å². The molecule has 0 aromatic rings. The zero-order valence-corrected chi connectivity index (χ0v) is 8.71. The molecule has 2 unspecified atom stereocenters. The van der Waals surface area contributed by atoms with Crippen molar-refractivity contribution < 1.29 is 4.79 Å². The predicted octanol–water partition coefficient (Wildman–Crippen LogP) is 3.12. The number of hydrogen-bond donors (Lipinski definition) is 0. The summed E-state index contributed by atoms with van der Waals surface area (Å²) in [5, 5.41) is 0. The first-order valence-electron chi connectivity index (χ1n) is 5.00. The van der Waals surface area contributed by atoms with Crippen molar-refractivity contribution in [1.82, 2.24) is 0 Å². The van der Waals surface area contributed by atoms with Crippen LogP contribution in [0.4, 0.5) is 0 Å². The van der Waals surface area contributed by atoms with Gasteiger partial charge in [-0.2, -0.15) is 0 Å². The summed E-state index contributed by atoms with van der Waals surface area (Å²) in [6.07, 6.45) is 7.87. The Labute approximate surface area is 80.5 Å². The molecule has 0 N–H and O–H groups in total. The Morgan fingerprint density at radius 1 is 1.62 bits per heavy atom. The Kier molecular flexibility index (Phi) is 3.47. The van der Waals surface area contributed by atoms with Gasteiger partial charge in [-0.1, -0.05) is 24.6 Å². The Morgan fingerprint density at radius 3 is 2.92 bits per heavy atom. The molecule has 13 heavy (non-hydrogen) atoms. The molecule has 0 radical (unpaired) electrons. The topological polar surface area (TPSA) is 17.1 Å². The number of carbonyl (C=O) groups excluding carboxylic acids is 1. The standard InChI is InChI=1S/C12H18O/c1-4-6-12(13)11-8-5-7-9(2)10(11)3/h4,6-7,10-11H,5,8H2,1-3H3. The molecule has 72 valence electrons. The van der Waals surface area contributed by atoms with E-state index >= 15 is 0 Å². The number of ketones is 1. The van der Waals surface area contributed by atoms with Crippen LogP contribution in [0.3, 0.4) is 0 Å². The van der Waals surface area contributed by atoms with Crippen LogP contribution in [0.5, 0.6) is 0 Å². The highest BCUT2D eigenvalue weighted by Crippen LogP contribution is 2.30. The molecule has 1 rings (SSSR count). The third kappa shape index (κ3) is 2.30. The maximum absolute atomic E-state index is 11.6. The van der Waals surface area contributed by atoms with Crippen molar-refractivity contribution in [3.63, 3.8) is 0 Å². The van der Waals surface area contributed by atoms with E-state index < -0.39 is 0 Å². The Bertz CT molecular complexity index is 248. The van der Waals surface area contributed by atoms with Gasteiger partial charge in [0, 0.05) is 5.92 Å². The molecule has 0 fully saturated rings. The van der Waals surface area contributed by atoms with Crippen LogP contribution in [0, 0.1) is 11.8 Å². The second-order valence-electron chi connectivity index (χ2n) is 3.82. The summed E-state index contributed by atoms with van der Waals surface area (Å²) in [5.41, 5.74) is 1.37. The Balaban J connectivity index is 2.72. The van der Waals surface area contributed by atoms with Gasteiger partial charge in [-0.3, -0.25) is 4.79 Å². The molecular formula is C12H18O. The third-order valence-electron chi connectivity index (χ3n) is 2.96. The smallest absolute Gasteiger partial charge is 0.159 e. The van der Waals surface area contributed by atoms with E-state index in [4.69, 9.17) is 0 Å². The first kappa shape index (κ1) is 10.2. The van der Waals surface area contributed by atoms with Crippen LogP contribution < -0.4 is 0 Å². The van der Waals surface area contributed by atoms with Gasteiger partial charge in [0.2, 0.25) is 0 Å². The van der Waals surface area contributed by atoms with Gasteiger partial charge in [-0.25, -0.2) is 0 Å². The minimum absolute atomic E-state index is 0.223. The van der Waals surface area contributed by atoms with E-state index in [1.54, 1.807) is 6.08 Å². The molecule has 2 atom stereocenters. The fourth-order valence-electron chi connectivity index (χ4n) is 1.92. The highest BCUT2D eigenvalue weighted by Gasteiger charge is 2.26. The summed E-state index contributed by atoms with van der Waals surface area (Å²) in [7, 11) is 0. The molecule has 1 heteroatoms. The van der Waals surface area contributed by atoms with Crippen molar-refractivity contribution in [2.24, 2.45) is 11.8 Å². The maximum Gasteiger partial charge on any atom is 0.159 e. The second-order valence-corrected chi connectivity index (χ2v) is 3.82. The van der Waals surface area contributed by atoms with Gasteiger partial charge in [0.1, 0.15) is 0 Å². The molecule has 0 bridgehead atoms. The van der Waals surface area contributed by atoms with Crippen LogP contribution >= 0.6 is 0 Å². The zero-order chi connectivity index (χ0) is 9.84. The van der Waals surface area contributed by atoms with E-state index in [9.17, 15) is 4.79 Å². The predicted molar refractivity (Wildman–Crippen MR) is 55.5 cm³/mol. The average molecular weight is 178 g/mol. The summed E-state index contributed by atoms with van der Waals surface area (Å²) in [6.45, 7) is 6.17. The minimum atomic E-state index is 0.223. The maximum atomic E-state index is 11.6. The molecule has 1 nitrogen and oxygen atoms in total. The quantitative estimate of drug-likeness (QED) is 0.469. The number of rotatable bonds is 2. The van der Waals surface area contributed by atoms with Crippen LogP contribution in [0.15, 0.2) is 23.8 Å². The van der Waals surface area contributed by atoms with E-state index in [2.05, 4.69) is 19.9 Å². The fraction of sp³-hybridized carbons (Fsp3) is 0.583. The molecular weight excluding hydrogens is 160 g/mol. The van der Waals surface area contributed by atoms with Crippen LogP contribution in [0.1, 0.15) is 33.6 Å². The first-order chi connectivity index (χ1) is 6.16. The van der Waals surface area contributed by atoms with E-state index in [0.717, 1.165) is 12.8 Å². The Morgan fingerprint density at radius 2 is 2.31 bits per heavy atom. The van der Waals surface area contributed by atoms with Crippen molar-refractivity contribution in [1.29, 1.82) is 0 Å². The lowest BCUT2D eigenvalue weighted by Gasteiger charge is -2.26. The van der Waals surface area contributed by atoms with Gasteiger partial charge in [0.05, 0.1) is 0 Å². The summed E-state index contributed by atoms with van der Waals surface area (Å²) in [6, 6.07) is 0. The lowest BCUT2D eigenvalue weighted by Crippen LogP contribution is -2.23. The SMILES string of the molecule is CC=CC(=O)C1CCC=C(C)C1C. The van der Waals surface area contributed by atoms with Crippen molar-refractivity contribution in [3.05, 3.63) is 23.8 Å². The second kappa shape index (κ2) is 4.40.